The van der Waals surface area contributed by atoms with Crippen LogP contribution in [-0.4, -0.2) is 11.2 Å². The second-order valence-corrected chi connectivity index (χ2v) is 4.83. The highest BCUT2D eigenvalue weighted by molar-refractivity contribution is 4.96. The molecule has 0 spiro atoms. The standard InChI is InChI=1S/C11H22O/c1-8(2)11(9(3)4)7-5-6-10(11)12/h8-10,12H,5-7H2,1-4H3. The zero-order chi connectivity index (χ0) is 9.35. The van der Waals surface area contributed by atoms with Gasteiger partial charge >= 0.3 is 0 Å². The van der Waals surface area contributed by atoms with Gasteiger partial charge < -0.3 is 5.11 Å². The van der Waals surface area contributed by atoms with Crippen LogP contribution in [0.15, 0.2) is 0 Å². The molecule has 0 aromatic carbocycles. The number of rotatable bonds is 2. The van der Waals surface area contributed by atoms with Crippen molar-refractivity contribution in [2.24, 2.45) is 17.3 Å². The molecular formula is C11H22O. The highest BCUT2D eigenvalue weighted by Gasteiger charge is 2.46. The zero-order valence-electron chi connectivity index (χ0n) is 8.80. The molecule has 0 radical (unpaired) electrons. The Kier molecular flexibility index (Phi) is 2.82. The predicted octanol–water partition coefficient (Wildman–Crippen LogP) is 2.83. The summed E-state index contributed by atoms with van der Waals surface area (Å²) in [5.41, 5.74) is 0.208. The largest absolute Gasteiger partial charge is 0.393 e. The van der Waals surface area contributed by atoms with Crippen LogP contribution in [0.4, 0.5) is 0 Å². The van der Waals surface area contributed by atoms with Gasteiger partial charge in [-0.15, -0.1) is 0 Å². The van der Waals surface area contributed by atoms with Crippen molar-refractivity contribution in [1.29, 1.82) is 0 Å². The molecule has 0 saturated heterocycles. The molecule has 72 valence electrons. The molecule has 1 saturated carbocycles. The summed E-state index contributed by atoms with van der Waals surface area (Å²) >= 11 is 0. The van der Waals surface area contributed by atoms with E-state index in [4.69, 9.17) is 0 Å². The van der Waals surface area contributed by atoms with E-state index in [1.54, 1.807) is 0 Å². The van der Waals surface area contributed by atoms with Gasteiger partial charge in [-0.2, -0.15) is 0 Å². The van der Waals surface area contributed by atoms with Gasteiger partial charge in [0.25, 0.3) is 0 Å². The molecular weight excluding hydrogens is 148 g/mol. The Morgan fingerprint density at radius 2 is 1.67 bits per heavy atom. The minimum atomic E-state index is -0.0579. The van der Waals surface area contributed by atoms with E-state index < -0.39 is 0 Å². The fraction of sp³-hybridized carbons (Fsp3) is 1.00. The Hall–Kier alpha value is -0.0400. The van der Waals surface area contributed by atoms with Crippen LogP contribution in [0.2, 0.25) is 0 Å². The average Bonchev–Trinajstić information content (AvgIpc) is 2.31. The van der Waals surface area contributed by atoms with E-state index in [2.05, 4.69) is 27.7 Å². The minimum Gasteiger partial charge on any atom is -0.393 e. The van der Waals surface area contributed by atoms with E-state index in [-0.39, 0.29) is 11.5 Å². The fourth-order valence-corrected chi connectivity index (χ4v) is 3.05. The quantitative estimate of drug-likeness (QED) is 0.675. The molecule has 0 amide bonds. The first-order valence-corrected chi connectivity index (χ1v) is 5.20. The molecule has 1 unspecified atom stereocenters. The Bertz CT molecular complexity index is 141. The summed E-state index contributed by atoms with van der Waals surface area (Å²) < 4.78 is 0. The molecule has 1 atom stereocenters. The molecule has 1 heteroatoms. The van der Waals surface area contributed by atoms with Crippen LogP contribution >= 0.6 is 0 Å². The lowest BCUT2D eigenvalue weighted by molar-refractivity contribution is -0.0200. The number of aliphatic hydroxyl groups is 1. The van der Waals surface area contributed by atoms with Gasteiger partial charge in [0.15, 0.2) is 0 Å². The maximum atomic E-state index is 9.98. The number of hydrogen-bond acceptors (Lipinski definition) is 1. The van der Waals surface area contributed by atoms with Crippen LogP contribution in [0.5, 0.6) is 0 Å². The topological polar surface area (TPSA) is 20.2 Å². The average molecular weight is 170 g/mol. The Morgan fingerprint density at radius 1 is 1.17 bits per heavy atom. The summed E-state index contributed by atoms with van der Waals surface area (Å²) in [6, 6.07) is 0. The van der Waals surface area contributed by atoms with Gasteiger partial charge in [-0.05, 0) is 24.7 Å². The van der Waals surface area contributed by atoms with Crippen LogP contribution in [0.1, 0.15) is 47.0 Å². The zero-order valence-corrected chi connectivity index (χ0v) is 8.80. The normalized spacial score (nSPS) is 28.8. The second-order valence-electron chi connectivity index (χ2n) is 4.83. The van der Waals surface area contributed by atoms with E-state index in [0.29, 0.717) is 11.8 Å². The third kappa shape index (κ3) is 1.28. The van der Waals surface area contributed by atoms with Crippen LogP contribution in [0.3, 0.4) is 0 Å². The summed E-state index contributed by atoms with van der Waals surface area (Å²) in [4.78, 5) is 0. The van der Waals surface area contributed by atoms with Crippen molar-refractivity contribution in [3.63, 3.8) is 0 Å². The molecule has 1 aliphatic carbocycles. The van der Waals surface area contributed by atoms with Gasteiger partial charge in [-0.25, -0.2) is 0 Å². The first kappa shape index (κ1) is 10.0. The Morgan fingerprint density at radius 3 is 1.83 bits per heavy atom. The molecule has 1 fully saturated rings. The first-order valence-electron chi connectivity index (χ1n) is 5.20. The SMILES string of the molecule is CC(C)C1(C(C)C)CCCC1O. The summed E-state index contributed by atoms with van der Waals surface area (Å²) in [5, 5.41) is 9.98. The van der Waals surface area contributed by atoms with Crippen LogP contribution in [-0.2, 0) is 0 Å². The first-order chi connectivity index (χ1) is 5.51. The molecule has 1 N–H and O–H groups in total. The molecule has 0 bridgehead atoms. The van der Waals surface area contributed by atoms with Crippen molar-refractivity contribution < 1.29 is 5.11 Å². The van der Waals surface area contributed by atoms with Gasteiger partial charge in [-0.1, -0.05) is 34.1 Å². The Labute approximate surface area is 76.2 Å². The maximum absolute atomic E-state index is 9.98. The third-order valence-electron chi connectivity index (χ3n) is 3.86. The molecule has 12 heavy (non-hydrogen) atoms. The maximum Gasteiger partial charge on any atom is 0.0601 e. The van der Waals surface area contributed by atoms with Crippen LogP contribution < -0.4 is 0 Å². The smallest absolute Gasteiger partial charge is 0.0601 e. The van der Waals surface area contributed by atoms with Gasteiger partial charge in [0.05, 0.1) is 6.10 Å². The van der Waals surface area contributed by atoms with Crippen molar-refractivity contribution in [2.75, 3.05) is 0 Å². The Balaban J connectivity index is 2.85. The van der Waals surface area contributed by atoms with E-state index in [1.165, 1.54) is 12.8 Å². The monoisotopic (exact) mass is 170 g/mol. The van der Waals surface area contributed by atoms with E-state index in [0.717, 1.165) is 6.42 Å². The van der Waals surface area contributed by atoms with Crippen molar-refractivity contribution in [2.45, 2.75) is 53.1 Å². The highest BCUT2D eigenvalue weighted by Crippen LogP contribution is 2.49. The fourth-order valence-electron chi connectivity index (χ4n) is 3.05. The van der Waals surface area contributed by atoms with Crippen molar-refractivity contribution in [3.8, 4) is 0 Å². The highest BCUT2D eigenvalue weighted by atomic mass is 16.3. The summed E-state index contributed by atoms with van der Waals surface area (Å²) in [6.07, 6.45) is 3.37. The lowest BCUT2D eigenvalue weighted by atomic mass is 9.66. The summed E-state index contributed by atoms with van der Waals surface area (Å²) in [5.74, 6) is 1.21. The molecule has 1 rings (SSSR count). The number of hydrogen-bond donors (Lipinski definition) is 1. The van der Waals surface area contributed by atoms with Crippen LogP contribution in [0, 0.1) is 17.3 Å². The number of aliphatic hydroxyl groups excluding tert-OH is 1. The molecule has 1 nitrogen and oxygen atoms in total. The molecule has 0 aromatic rings. The molecule has 0 aliphatic heterocycles. The van der Waals surface area contributed by atoms with Gasteiger partial charge in [0, 0.05) is 5.41 Å². The minimum absolute atomic E-state index is 0.0579. The van der Waals surface area contributed by atoms with Crippen molar-refractivity contribution in [1.82, 2.24) is 0 Å². The van der Waals surface area contributed by atoms with Crippen LogP contribution in [0.25, 0.3) is 0 Å². The lowest BCUT2D eigenvalue weighted by Crippen LogP contribution is -2.40. The molecule has 0 aromatic heterocycles. The van der Waals surface area contributed by atoms with E-state index in [9.17, 15) is 5.11 Å². The second kappa shape index (κ2) is 3.37. The van der Waals surface area contributed by atoms with Gasteiger partial charge in [0.1, 0.15) is 0 Å². The third-order valence-corrected chi connectivity index (χ3v) is 3.86. The molecule has 0 heterocycles. The summed E-state index contributed by atoms with van der Waals surface area (Å²) in [6.45, 7) is 8.98. The van der Waals surface area contributed by atoms with Gasteiger partial charge in [-0.3, -0.25) is 0 Å². The van der Waals surface area contributed by atoms with Gasteiger partial charge in [0.2, 0.25) is 0 Å². The van der Waals surface area contributed by atoms with E-state index >= 15 is 0 Å². The van der Waals surface area contributed by atoms with Crippen molar-refractivity contribution in [3.05, 3.63) is 0 Å². The van der Waals surface area contributed by atoms with Crippen molar-refractivity contribution >= 4 is 0 Å². The van der Waals surface area contributed by atoms with E-state index in [1.807, 2.05) is 0 Å². The molecule has 1 aliphatic rings. The predicted molar refractivity (Wildman–Crippen MR) is 52.0 cm³/mol. The lowest BCUT2D eigenvalue weighted by Gasteiger charge is -2.40. The summed E-state index contributed by atoms with van der Waals surface area (Å²) in [7, 11) is 0.